The number of nitrogens with one attached hydrogen (secondary N) is 1. The first-order valence-electron chi connectivity index (χ1n) is 6.01. The molecule has 8 nitrogen and oxygen atoms in total. The van der Waals surface area contributed by atoms with Crippen molar-refractivity contribution >= 4 is 11.4 Å². The van der Waals surface area contributed by atoms with Gasteiger partial charge in [-0.2, -0.15) is 0 Å². The second-order valence-electron chi connectivity index (χ2n) is 3.94. The number of nitrogens with zero attached hydrogens (tertiary/aromatic N) is 3. The summed E-state index contributed by atoms with van der Waals surface area (Å²) in [4.78, 5) is 10.3. The van der Waals surface area contributed by atoms with Crippen molar-refractivity contribution in [3.8, 4) is 5.75 Å². The monoisotopic (exact) mass is 278 g/mol. The van der Waals surface area contributed by atoms with E-state index in [2.05, 4.69) is 15.5 Å². The van der Waals surface area contributed by atoms with Crippen molar-refractivity contribution in [3.63, 3.8) is 0 Å². The van der Waals surface area contributed by atoms with Crippen LogP contribution in [0.2, 0.25) is 0 Å². The smallest absolute Gasteiger partial charge is 0.271 e. The van der Waals surface area contributed by atoms with E-state index in [1.54, 1.807) is 0 Å². The Kier molecular flexibility index (Phi) is 4.14. The van der Waals surface area contributed by atoms with E-state index in [0.717, 1.165) is 0 Å². The zero-order valence-corrected chi connectivity index (χ0v) is 11.1. The lowest BCUT2D eigenvalue weighted by Gasteiger charge is -2.09. The van der Waals surface area contributed by atoms with Crippen molar-refractivity contribution in [2.75, 3.05) is 12.4 Å². The van der Waals surface area contributed by atoms with Gasteiger partial charge in [0.1, 0.15) is 5.75 Å². The number of hydrogen-bond acceptors (Lipinski definition) is 7. The third-order valence-corrected chi connectivity index (χ3v) is 2.64. The maximum absolute atomic E-state index is 10.8. The quantitative estimate of drug-likeness (QED) is 0.637. The highest BCUT2D eigenvalue weighted by Gasteiger charge is 2.12. The number of benzene rings is 1. The largest absolute Gasteiger partial charge is 0.495 e. The molecule has 1 aromatic carbocycles. The molecule has 0 spiro atoms. The lowest BCUT2D eigenvalue weighted by atomic mass is 10.2. The van der Waals surface area contributed by atoms with Crippen molar-refractivity contribution in [2.45, 2.75) is 19.9 Å². The molecular weight excluding hydrogens is 264 g/mol. The topological polar surface area (TPSA) is 103 Å². The van der Waals surface area contributed by atoms with Crippen LogP contribution in [0.4, 0.5) is 11.4 Å². The fourth-order valence-corrected chi connectivity index (χ4v) is 1.62. The Morgan fingerprint density at radius 1 is 1.40 bits per heavy atom. The lowest BCUT2D eigenvalue weighted by Crippen LogP contribution is -2.02. The van der Waals surface area contributed by atoms with Crippen LogP contribution in [0.15, 0.2) is 22.6 Å². The highest BCUT2D eigenvalue weighted by atomic mass is 16.6. The summed E-state index contributed by atoms with van der Waals surface area (Å²) in [5.74, 6) is 1.47. The number of non-ortho nitro benzene ring substituents is 1. The SMILES string of the molecule is CCc1nnc(CNc2cc([N+](=O)[O-])ccc2OC)o1. The second-order valence-corrected chi connectivity index (χ2v) is 3.94. The predicted octanol–water partition coefficient (Wildman–Crippen LogP) is 2.16. The molecule has 2 aromatic rings. The van der Waals surface area contributed by atoms with Gasteiger partial charge < -0.3 is 14.5 Å². The van der Waals surface area contributed by atoms with E-state index in [1.807, 2.05) is 6.92 Å². The van der Waals surface area contributed by atoms with Crippen LogP contribution in [0.25, 0.3) is 0 Å². The molecule has 0 fully saturated rings. The molecule has 0 aliphatic rings. The molecule has 0 radical (unpaired) electrons. The van der Waals surface area contributed by atoms with Gasteiger partial charge in [0, 0.05) is 18.6 Å². The van der Waals surface area contributed by atoms with Crippen LogP contribution in [0, 0.1) is 10.1 Å². The number of anilines is 1. The van der Waals surface area contributed by atoms with E-state index in [4.69, 9.17) is 9.15 Å². The van der Waals surface area contributed by atoms with E-state index in [1.165, 1.54) is 25.3 Å². The van der Waals surface area contributed by atoms with Crippen LogP contribution < -0.4 is 10.1 Å². The molecule has 0 atom stereocenters. The summed E-state index contributed by atoms with van der Waals surface area (Å²) >= 11 is 0. The van der Waals surface area contributed by atoms with Crippen molar-refractivity contribution < 1.29 is 14.1 Å². The summed E-state index contributed by atoms with van der Waals surface area (Å²) in [5.41, 5.74) is 0.478. The van der Waals surface area contributed by atoms with Gasteiger partial charge in [0.25, 0.3) is 5.69 Å². The van der Waals surface area contributed by atoms with Gasteiger partial charge in [0.05, 0.1) is 24.3 Å². The Hall–Kier alpha value is -2.64. The first-order valence-corrected chi connectivity index (χ1v) is 6.01. The van der Waals surface area contributed by atoms with Gasteiger partial charge in [-0.1, -0.05) is 6.92 Å². The normalized spacial score (nSPS) is 10.3. The van der Waals surface area contributed by atoms with Crippen molar-refractivity contribution in [1.29, 1.82) is 0 Å². The summed E-state index contributed by atoms with van der Waals surface area (Å²) in [6.45, 7) is 2.18. The van der Waals surface area contributed by atoms with E-state index < -0.39 is 4.92 Å². The van der Waals surface area contributed by atoms with Gasteiger partial charge in [0.15, 0.2) is 0 Å². The molecular formula is C12H14N4O4. The molecule has 0 saturated heterocycles. The first-order chi connectivity index (χ1) is 9.63. The molecule has 1 heterocycles. The van der Waals surface area contributed by atoms with Crippen molar-refractivity contribution in [1.82, 2.24) is 10.2 Å². The van der Waals surface area contributed by atoms with Crippen molar-refractivity contribution in [2.24, 2.45) is 0 Å². The minimum absolute atomic E-state index is 0.0203. The Labute approximate surface area is 114 Å². The van der Waals surface area contributed by atoms with E-state index >= 15 is 0 Å². The van der Waals surface area contributed by atoms with Gasteiger partial charge in [-0.05, 0) is 6.07 Å². The number of ether oxygens (including phenoxy) is 1. The molecule has 106 valence electrons. The van der Waals surface area contributed by atoms with Crippen LogP contribution in [0.1, 0.15) is 18.7 Å². The van der Waals surface area contributed by atoms with E-state index in [-0.39, 0.29) is 12.2 Å². The van der Waals surface area contributed by atoms with Gasteiger partial charge in [-0.15, -0.1) is 10.2 Å². The molecule has 1 aromatic heterocycles. The zero-order valence-electron chi connectivity index (χ0n) is 11.1. The number of aromatic nitrogens is 2. The summed E-state index contributed by atoms with van der Waals surface area (Å²) < 4.78 is 10.5. The minimum atomic E-state index is -0.466. The average Bonchev–Trinajstić information content (AvgIpc) is 2.92. The maximum Gasteiger partial charge on any atom is 0.271 e. The first kappa shape index (κ1) is 13.8. The number of nitro benzene ring substituents is 1. The molecule has 8 heteroatoms. The van der Waals surface area contributed by atoms with Gasteiger partial charge in [-0.3, -0.25) is 10.1 Å². The molecule has 0 unspecified atom stereocenters. The van der Waals surface area contributed by atoms with Crippen LogP contribution in [-0.4, -0.2) is 22.2 Å². The van der Waals surface area contributed by atoms with Crippen LogP contribution in [0.3, 0.4) is 0 Å². The number of rotatable bonds is 6. The number of methoxy groups -OCH3 is 1. The van der Waals surface area contributed by atoms with Crippen molar-refractivity contribution in [3.05, 3.63) is 40.1 Å². The van der Waals surface area contributed by atoms with Gasteiger partial charge in [-0.25, -0.2) is 0 Å². The summed E-state index contributed by atoms with van der Waals surface area (Å²) in [6.07, 6.45) is 0.660. The van der Waals surface area contributed by atoms with Crippen LogP contribution in [-0.2, 0) is 13.0 Å². The van der Waals surface area contributed by atoms with E-state index in [0.29, 0.717) is 29.6 Å². The number of nitro groups is 1. The maximum atomic E-state index is 10.8. The molecule has 0 aliphatic heterocycles. The van der Waals surface area contributed by atoms with Gasteiger partial charge >= 0.3 is 0 Å². The Balaban J connectivity index is 2.14. The van der Waals surface area contributed by atoms with Crippen LogP contribution in [0.5, 0.6) is 5.75 Å². The minimum Gasteiger partial charge on any atom is -0.495 e. The second kappa shape index (κ2) is 6.00. The average molecular weight is 278 g/mol. The molecule has 0 bridgehead atoms. The third-order valence-electron chi connectivity index (χ3n) is 2.64. The van der Waals surface area contributed by atoms with Gasteiger partial charge in [0.2, 0.25) is 11.8 Å². The Morgan fingerprint density at radius 3 is 2.75 bits per heavy atom. The molecule has 0 aliphatic carbocycles. The third kappa shape index (κ3) is 3.02. The summed E-state index contributed by atoms with van der Waals surface area (Å²) in [7, 11) is 1.49. The molecule has 0 saturated carbocycles. The Bertz CT molecular complexity index is 611. The molecule has 0 amide bonds. The molecule has 2 rings (SSSR count). The predicted molar refractivity (Wildman–Crippen MR) is 70.7 cm³/mol. The number of hydrogen-bond donors (Lipinski definition) is 1. The van der Waals surface area contributed by atoms with E-state index in [9.17, 15) is 10.1 Å². The zero-order chi connectivity index (χ0) is 14.5. The molecule has 20 heavy (non-hydrogen) atoms. The highest BCUT2D eigenvalue weighted by Crippen LogP contribution is 2.29. The summed E-state index contributed by atoms with van der Waals surface area (Å²) in [6, 6.07) is 4.31. The van der Waals surface area contributed by atoms with Crippen LogP contribution >= 0.6 is 0 Å². The highest BCUT2D eigenvalue weighted by molar-refractivity contribution is 5.61. The fourth-order valence-electron chi connectivity index (χ4n) is 1.62. The Morgan fingerprint density at radius 2 is 2.15 bits per heavy atom. The number of aryl methyl sites for hydroxylation is 1. The fraction of sp³-hybridized carbons (Fsp3) is 0.333. The summed E-state index contributed by atoms with van der Waals surface area (Å²) in [5, 5.41) is 21.5. The standard InChI is InChI=1S/C12H14N4O4/c1-3-11-14-15-12(20-11)7-13-9-6-8(16(17)18)4-5-10(9)19-2/h4-6,13H,3,7H2,1-2H3. The lowest BCUT2D eigenvalue weighted by molar-refractivity contribution is -0.384. The molecule has 1 N–H and O–H groups in total.